The molecule has 4 heteroatoms. The lowest BCUT2D eigenvalue weighted by Crippen LogP contribution is -2.26. The number of aromatic hydroxyl groups is 1. The summed E-state index contributed by atoms with van der Waals surface area (Å²) >= 11 is 0. The van der Waals surface area contributed by atoms with Crippen molar-refractivity contribution in [2.45, 2.75) is 33.3 Å². The van der Waals surface area contributed by atoms with Crippen LogP contribution in [0.1, 0.15) is 26.3 Å². The Kier molecular flexibility index (Phi) is 2.81. The highest BCUT2D eigenvalue weighted by molar-refractivity contribution is 5.92. The summed E-state index contributed by atoms with van der Waals surface area (Å²) < 4.78 is 6.80. The summed E-state index contributed by atoms with van der Waals surface area (Å²) in [4.78, 5) is 12.1. The van der Waals surface area contributed by atoms with Crippen LogP contribution in [0.5, 0.6) is 5.75 Å². The van der Waals surface area contributed by atoms with Gasteiger partial charge in [-0.25, -0.2) is 4.79 Å². The average Bonchev–Trinajstić information content (AvgIpc) is 2.54. The molecule has 1 heterocycles. The molecule has 2 aromatic rings. The lowest BCUT2D eigenvalue weighted by molar-refractivity contribution is 0.0544. The maximum Gasteiger partial charge on any atom is 0.418 e. The van der Waals surface area contributed by atoms with E-state index in [4.69, 9.17) is 4.74 Å². The number of carbonyl (C=O) groups excluding carboxylic acids is 1. The minimum absolute atomic E-state index is 0.188. The van der Waals surface area contributed by atoms with Crippen LogP contribution in [0.3, 0.4) is 0 Å². The maximum absolute atomic E-state index is 12.1. The number of hydrogen-bond donors (Lipinski definition) is 1. The van der Waals surface area contributed by atoms with Gasteiger partial charge in [-0.15, -0.1) is 0 Å². The van der Waals surface area contributed by atoms with Crippen LogP contribution in [0.25, 0.3) is 10.9 Å². The summed E-state index contributed by atoms with van der Waals surface area (Å²) in [6.45, 7) is 7.38. The van der Waals surface area contributed by atoms with Gasteiger partial charge in [0.15, 0.2) is 0 Å². The maximum atomic E-state index is 12.1. The Bertz CT molecular complexity index is 605. The number of aryl methyl sites for hydroxylation is 1. The Hall–Kier alpha value is -1.97. The average molecular weight is 247 g/mol. The van der Waals surface area contributed by atoms with Crippen molar-refractivity contribution in [2.24, 2.45) is 0 Å². The number of carbonyl (C=O) groups is 1. The first-order chi connectivity index (χ1) is 8.28. The van der Waals surface area contributed by atoms with Crippen LogP contribution in [0.4, 0.5) is 4.79 Å². The number of phenols is 1. The van der Waals surface area contributed by atoms with Gasteiger partial charge in [-0.3, -0.25) is 4.57 Å². The molecule has 2 rings (SSSR count). The third-order valence-corrected chi connectivity index (χ3v) is 2.58. The number of benzene rings is 1. The first-order valence-corrected chi connectivity index (χ1v) is 5.82. The predicted molar refractivity (Wildman–Crippen MR) is 70.0 cm³/mol. The van der Waals surface area contributed by atoms with Gasteiger partial charge >= 0.3 is 6.09 Å². The number of fused-ring (bicyclic) bond motifs is 1. The van der Waals surface area contributed by atoms with E-state index in [9.17, 15) is 9.90 Å². The second-order valence-corrected chi connectivity index (χ2v) is 5.36. The highest BCUT2D eigenvalue weighted by Gasteiger charge is 2.19. The Morgan fingerprint density at radius 1 is 1.33 bits per heavy atom. The van der Waals surface area contributed by atoms with Gasteiger partial charge in [-0.05, 0) is 51.5 Å². The van der Waals surface area contributed by atoms with E-state index < -0.39 is 11.7 Å². The van der Waals surface area contributed by atoms with Gasteiger partial charge < -0.3 is 9.84 Å². The van der Waals surface area contributed by atoms with Crippen molar-refractivity contribution in [3.63, 3.8) is 0 Å². The molecule has 1 aromatic carbocycles. The van der Waals surface area contributed by atoms with Gasteiger partial charge in [0.25, 0.3) is 0 Å². The van der Waals surface area contributed by atoms with Gasteiger partial charge in [0.1, 0.15) is 11.4 Å². The van der Waals surface area contributed by atoms with E-state index >= 15 is 0 Å². The molecule has 1 aromatic heterocycles. The molecule has 1 N–H and O–H groups in total. The van der Waals surface area contributed by atoms with Gasteiger partial charge in [0, 0.05) is 11.6 Å². The molecule has 0 spiro atoms. The smallest absolute Gasteiger partial charge is 0.418 e. The zero-order valence-electron chi connectivity index (χ0n) is 11.0. The number of rotatable bonds is 0. The quantitative estimate of drug-likeness (QED) is 0.775. The van der Waals surface area contributed by atoms with Gasteiger partial charge in [-0.2, -0.15) is 0 Å². The lowest BCUT2D eigenvalue weighted by atomic mass is 10.2. The summed E-state index contributed by atoms with van der Waals surface area (Å²) in [6.07, 6.45) is 1.31. The first-order valence-electron chi connectivity index (χ1n) is 5.82. The molecule has 4 nitrogen and oxygen atoms in total. The van der Waals surface area contributed by atoms with Crippen LogP contribution >= 0.6 is 0 Å². The summed E-state index contributed by atoms with van der Waals surface area (Å²) in [6, 6.07) is 4.91. The molecule has 0 radical (unpaired) electrons. The molecule has 0 aliphatic rings. The SMILES string of the molecule is Cc1cn(C(=O)OC(C)(C)C)c2ccc(O)cc12. The van der Waals surface area contributed by atoms with Crippen LogP contribution in [-0.4, -0.2) is 21.4 Å². The zero-order valence-corrected chi connectivity index (χ0v) is 11.0. The van der Waals surface area contributed by atoms with Crippen LogP contribution in [-0.2, 0) is 4.74 Å². The van der Waals surface area contributed by atoms with Crippen LogP contribution in [0.15, 0.2) is 24.4 Å². The molecule has 0 saturated heterocycles. The van der Waals surface area contributed by atoms with Gasteiger partial charge in [0.2, 0.25) is 0 Å². The number of aromatic nitrogens is 1. The zero-order chi connectivity index (χ0) is 13.5. The van der Waals surface area contributed by atoms with Gasteiger partial charge in [0.05, 0.1) is 5.52 Å². The summed E-state index contributed by atoms with van der Waals surface area (Å²) in [7, 11) is 0. The lowest BCUT2D eigenvalue weighted by Gasteiger charge is -2.19. The predicted octanol–water partition coefficient (Wildman–Crippen LogP) is 3.44. The first kappa shape index (κ1) is 12.5. The van der Waals surface area contributed by atoms with Crippen molar-refractivity contribution in [1.82, 2.24) is 4.57 Å². The van der Waals surface area contributed by atoms with Gasteiger partial charge in [-0.1, -0.05) is 0 Å². The minimum atomic E-state index is -0.529. The highest BCUT2D eigenvalue weighted by Crippen LogP contribution is 2.25. The standard InChI is InChI=1S/C14H17NO3/c1-9-8-15(13(17)18-14(2,3)4)12-6-5-10(16)7-11(9)12/h5-8,16H,1-4H3. The van der Waals surface area contributed by atoms with Crippen molar-refractivity contribution in [3.8, 4) is 5.75 Å². The molecular formula is C14H17NO3. The second-order valence-electron chi connectivity index (χ2n) is 5.36. The van der Waals surface area contributed by atoms with Crippen LogP contribution in [0, 0.1) is 6.92 Å². The third-order valence-electron chi connectivity index (χ3n) is 2.58. The van der Waals surface area contributed by atoms with Crippen molar-refractivity contribution in [3.05, 3.63) is 30.0 Å². The van der Waals surface area contributed by atoms with E-state index in [-0.39, 0.29) is 5.75 Å². The van der Waals surface area contributed by atoms with Crippen LogP contribution in [0.2, 0.25) is 0 Å². The molecule has 0 amide bonds. The molecule has 0 unspecified atom stereocenters. The summed E-state index contributed by atoms with van der Waals surface area (Å²) in [5, 5.41) is 10.3. The molecule has 0 aliphatic heterocycles. The minimum Gasteiger partial charge on any atom is -0.508 e. The van der Waals surface area contributed by atoms with Crippen molar-refractivity contribution in [1.29, 1.82) is 0 Å². The molecular weight excluding hydrogens is 230 g/mol. The Morgan fingerprint density at radius 2 is 2.00 bits per heavy atom. The molecule has 0 saturated carbocycles. The molecule has 96 valence electrons. The summed E-state index contributed by atoms with van der Waals surface area (Å²) in [5.74, 6) is 0.188. The van der Waals surface area contributed by atoms with E-state index in [0.29, 0.717) is 0 Å². The molecule has 0 aliphatic carbocycles. The monoisotopic (exact) mass is 247 g/mol. The van der Waals surface area contributed by atoms with Crippen molar-refractivity contribution < 1.29 is 14.6 Å². The normalized spacial score (nSPS) is 11.8. The fraction of sp³-hybridized carbons (Fsp3) is 0.357. The van der Waals surface area contributed by atoms with E-state index in [0.717, 1.165) is 16.5 Å². The number of ether oxygens (including phenoxy) is 1. The third kappa shape index (κ3) is 2.32. The number of nitrogens with zero attached hydrogens (tertiary/aromatic N) is 1. The second kappa shape index (κ2) is 4.05. The molecule has 18 heavy (non-hydrogen) atoms. The molecule has 0 bridgehead atoms. The van der Waals surface area contributed by atoms with Crippen molar-refractivity contribution in [2.75, 3.05) is 0 Å². The van der Waals surface area contributed by atoms with E-state index in [1.165, 1.54) is 4.57 Å². The Labute approximate surface area is 106 Å². The number of hydrogen-bond acceptors (Lipinski definition) is 3. The largest absolute Gasteiger partial charge is 0.508 e. The fourth-order valence-electron chi connectivity index (χ4n) is 1.84. The topological polar surface area (TPSA) is 51.5 Å². The van der Waals surface area contributed by atoms with E-state index in [2.05, 4.69) is 0 Å². The fourth-order valence-corrected chi connectivity index (χ4v) is 1.84. The van der Waals surface area contributed by atoms with Crippen molar-refractivity contribution >= 4 is 17.0 Å². The van der Waals surface area contributed by atoms with E-state index in [1.807, 2.05) is 27.7 Å². The summed E-state index contributed by atoms with van der Waals surface area (Å²) in [5.41, 5.74) is 1.13. The molecule has 0 fully saturated rings. The molecule has 0 atom stereocenters. The van der Waals surface area contributed by atoms with E-state index in [1.54, 1.807) is 24.4 Å². The van der Waals surface area contributed by atoms with Crippen LogP contribution < -0.4 is 0 Å². The number of phenolic OH excluding ortho intramolecular Hbond substituents is 1. The Balaban J connectivity index is 2.49. The Morgan fingerprint density at radius 3 is 2.61 bits per heavy atom. The highest BCUT2D eigenvalue weighted by atomic mass is 16.6.